The molecule has 2 aliphatic rings. The molecule has 0 saturated heterocycles. The van der Waals surface area contributed by atoms with Crippen LogP contribution in [-0.4, -0.2) is 35.3 Å². The minimum absolute atomic E-state index is 0.104. The van der Waals surface area contributed by atoms with Gasteiger partial charge in [-0.1, -0.05) is 50.3 Å². The Morgan fingerprint density at radius 2 is 1.71 bits per heavy atom. The molecule has 0 radical (unpaired) electrons. The number of sulfonamides is 1. The predicted molar refractivity (Wildman–Crippen MR) is 140 cm³/mol. The van der Waals surface area contributed by atoms with Crippen molar-refractivity contribution in [1.29, 1.82) is 0 Å². The molecule has 5 rings (SSSR count). The summed E-state index contributed by atoms with van der Waals surface area (Å²) in [6.07, 6.45) is 6.90. The van der Waals surface area contributed by atoms with Crippen LogP contribution in [0.25, 0.3) is 0 Å². The number of alkyl halides is 3. The Hall–Kier alpha value is -2.85. The topological polar surface area (TPSA) is 69.3 Å². The molecule has 38 heavy (non-hydrogen) atoms. The Morgan fingerprint density at radius 3 is 2.39 bits per heavy atom. The third kappa shape index (κ3) is 5.91. The van der Waals surface area contributed by atoms with E-state index in [2.05, 4.69) is 14.9 Å². The smallest absolute Gasteiger partial charge is 0.361 e. The van der Waals surface area contributed by atoms with Gasteiger partial charge in [0.25, 0.3) is 0 Å². The zero-order valence-corrected chi connectivity index (χ0v) is 22.0. The second-order valence-corrected chi connectivity index (χ2v) is 12.3. The zero-order chi connectivity index (χ0) is 26.8. The molecule has 0 amide bonds. The standard InChI is InChI=1S/C28H33F3N4O2S/c29-28(30,31)23-11-14-26(15-12-23)38(36,37)34-17-22-8-4-5-9-27(22)35(18-24-16-32-20-33-24)25(19-34)13-10-21-6-2-1-3-7-21/h4-5,8-9,11-12,14-16,20-21,25H,1-3,6-7,10,13,17-19H2,(H,32,33)/t25-/m1/s1. The van der Waals surface area contributed by atoms with Gasteiger partial charge in [0.15, 0.2) is 0 Å². The van der Waals surface area contributed by atoms with Crippen LogP contribution in [0.1, 0.15) is 61.8 Å². The number of imidazole rings is 1. The van der Waals surface area contributed by atoms with Crippen LogP contribution in [0, 0.1) is 5.92 Å². The highest BCUT2D eigenvalue weighted by molar-refractivity contribution is 7.89. The van der Waals surface area contributed by atoms with Crippen LogP contribution in [0.5, 0.6) is 0 Å². The zero-order valence-electron chi connectivity index (χ0n) is 21.2. The Balaban J connectivity index is 1.48. The lowest BCUT2D eigenvalue weighted by Crippen LogP contribution is -2.43. The molecule has 1 aromatic heterocycles. The van der Waals surface area contributed by atoms with Crippen LogP contribution in [0.4, 0.5) is 18.9 Å². The SMILES string of the molecule is O=S(=O)(c1ccc(C(F)(F)F)cc1)N1Cc2ccccc2N(Cc2cnc[nH]2)[C@H](CCC2CCCCC2)C1. The summed E-state index contributed by atoms with van der Waals surface area (Å²) in [6.45, 7) is 0.957. The molecule has 6 nitrogen and oxygen atoms in total. The summed E-state index contributed by atoms with van der Waals surface area (Å²) >= 11 is 0. The van der Waals surface area contributed by atoms with E-state index in [1.165, 1.54) is 36.4 Å². The van der Waals surface area contributed by atoms with Gasteiger partial charge in [0.1, 0.15) is 0 Å². The van der Waals surface area contributed by atoms with Crippen molar-refractivity contribution in [3.8, 4) is 0 Å². The van der Waals surface area contributed by atoms with E-state index in [0.29, 0.717) is 12.5 Å². The molecule has 1 aliphatic carbocycles. The van der Waals surface area contributed by atoms with E-state index in [-0.39, 0.29) is 24.0 Å². The summed E-state index contributed by atoms with van der Waals surface area (Å²) in [5, 5.41) is 0. The normalized spacial score (nSPS) is 19.8. The van der Waals surface area contributed by atoms with Crippen LogP contribution >= 0.6 is 0 Å². The summed E-state index contributed by atoms with van der Waals surface area (Å²) in [5.74, 6) is 0.635. The molecule has 0 unspecified atom stereocenters. The lowest BCUT2D eigenvalue weighted by atomic mass is 9.85. The largest absolute Gasteiger partial charge is 0.416 e. The van der Waals surface area contributed by atoms with E-state index >= 15 is 0 Å². The van der Waals surface area contributed by atoms with Crippen molar-refractivity contribution in [1.82, 2.24) is 14.3 Å². The molecular formula is C28H33F3N4O2S. The predicted octanol–water partition coefficient (Wildman–Crippen LogP) is 6.37. The van der Waals surface area contributed by atoms with Gasteiger partial charge in [-0.2, -0.15) is 17.5 Å². The number of H-pyrrole nitrogens is 1. The number of fused-ring (bicyclic) bond motifs is 1. The molecule has 1 aliphatic heterocycles. The van der Waals surface area contributed by atoms with Gasteiger partial charge in [-0.05, 0) is 54.7 Å². The molecule has 3 aromatic rings. The van der Waals surface area contributed by atoms with E-state index in [9.17, 15) is 21.6 Å². The molecule has 204 valence electrons. The van der Waals surface area contributed by atoms with Gasteiger partial charge in [-0.25, -0.2) is 13.4 Å². The Morgan fingerprint density at radius 1 is 0.974 bits per heavy atom. The van der Waals surface area contributed by atoms with E-state index in [1.807, 2.05) is 24.3 Å². The van der Waals surface area contributed by atoms with Gasteiger partial charge < -0.3 is 9.88 Å². The Bertz CT molecular complexity index is 1300. The number of hydrogen-bond donors (Lipinski definition) is 1. The first kappa shape index (κ1) is 26.7. The molecule has 2 heterocycles. The van der Waals surface area contributed by atoms with Crippen molar-refractivity contribution in [3.63, 3.8) is 0 Å². The quantitative estimate of drug-likeness (QED) is 0.374. The number of aromatic nitrogens is 2. The van der Waals surface area contributed by atoms with Gasteiger partial charge in [0, 0.05) is 31.0 Å². The number of para-hydroxylation sites is 1. The molecule has 10 heteroatoms. The van der Waals surface area contributed by atoms with E-state index in [4.69, 9.17) is 0 Å². The van der Waals surface area contributed by atoms with Crippen LogP contribution in [-0.2, 0) is 29.3 Å². The number of benzene rings is 2. The highest BCUT2D eigenvalue weighted by Gasteiger charge is 2.36. The molecule has 0 spiro atoms. The molecule has 1 fully saturated rings. The van der Waals surface area contributed by atoms with E-state index in [1.54, 1.807) is 12.5 Å². The summed E-state index contributed by atoms with van der Waals surface area (Å²) in [6, 6.07) is 11.5. The van der Waals surface area contributed by atoms with Crippen molar-refractivity contribution in [3.05, 3.63) is 77.9 Å². The number of halogens is 3. The van der Waals surface area contributed by atoms with Crippen molar-refractivity contribution < 1.29 is 21.6 Å². The van der Waals surface area contributed by atoms with Gasteiger partial charge in [0.05, 0.1) is 29.0 Å². The Labute approximate surface area is 221 Å². The number of anilines is 1. The molecule has 1 atom stereocenters. The average molecular weight is 547 g/mol. The highest BCUT2D eigenvalue weighted by atomic mass is 32.2. The fraction of sp³-hybridized carbons (Fsp3) is 0.464. The highest BCUT2D eigenvalue weighted by Crippen LogP contribution is 2.36. The summed E-state index contributed by atoms with van der Waals surface area (Å²) in [5.41, 5.74) is 1.90. The van der Waals surface area contributed by atoms with Crippen molar-refractivity contribution in [2.45, 2.75) is 75.1 Å². The second kappa shape index (κ2) is 11.1. The number of nitrogens with zero attached hydrogens (tertiary/aromatic N) is 3. The minimum atomic E-state index is -4.53. The first-order valence-corrected chi connectivity index (χ1v) is 14.6. The number of hydrogen-bond acceptors (Lipinski definition) is 4. The second-order valence-electron chi connectivity index (χ2n) is 10.4. The number of rotatable bonds is 7. The first-order chi connectivity index (χ1) is 18.2. The fourth-order valence-corrected chi connectivity index (χ4v) is 7.23. The van der Waals surface area contributed by atoms with Crippen molar-refractivity contribution in [2.75, 3.05) is 11.4 Å². The van der Waals surface area contributed by atoms with Crippen LogP contribution in [0.2, 0.25) is 0 Å². The van der Waals surface area contributed by atoms with Crippen molar-refractivity contribution >= 4 is 15.7 Å². The van der Waals surface area contributed by atoms with E-state index in [0.717, 1.165) is 54.1 Å². The van der Waals surface area contributed by atoms with Gasteiger partial charge in [-0.3, -0.25) is 0 Å². The lowest BCUT2D eigenvalue weighted by Gasteiger charge is -2.35. The third-order valence-electron chi connectivity index (χ3n) is 7.85. The molecule has 1 N–H and O–H groups in total. The van der Waals surface area contributed by atoms with Crippen LogP contribution in [0.15, 0.2) is 66.0 Å². The number of aromatic amines is 1. The number of nitrogens with one attached hydrogen (secondary N) is 1. The van der Waals surface area contributed by atoms with Crippen molar-refractivity contribution in [2.24, 2.45) is 5.92 Å². The molecule has 0 bridgehead atoms. The maximum Gasteiger partial charge on any atom is 0.416 e. The van der Waals surface area contributed by atoms with E-state index < -0.39 is 21.8 Å². The van der Waals surface area contributed by atoms with Gasteiger partial charge in [-0.15, -0.1) is 0 Å². The first-order valence-electron chi connectivity index (χ1n) is 13.2. The molecular weight excluding hydrogens is 513 g/mol. The third-order valence-corrected chi connectivity index (χ3v) is 9.68. The average Bonchev–Trinajstić information content (AvgIpc) is 3.37. The Kier molecular flexibility index (Phi) is 7.81. The lowest BCUT2D eigenvalue weighted by molar-refractivity contribution is -0.137. The summed E-state index contributed by atoms with van der Waals surface area (Å²) in [7, 11) is -4.03. The van der Waals surface area contributed by atoms with Crippen LogP contribution < -0.4 is 4.90 Å². The molecule has 2 aromatic carbocycles. The minimum Gasteiger partial charge on any atom is -0.361 e. The maximum atomic E-state index is 13.8. The fourth-order valence-electron chi connectivity index (χ4n) is 5.78. The summed E-state index contributed by atoms with van der Waals surface area (Å²) < 4.78 is 68.3. The monoisotopic (exact) mass is 546 g/mol. The van der Waals surface area contributed by atoms with Gasteiger partial charge in [0.2, 0.25) is 10.0 Å². The van der Waals surface area contributed by atoms with Gasteiger partial charge >= 0.3 is 6.18 Å². The van der Waals surface area contributed by atoms with Crippen LogP contribution in [0.3, 0.4) is 0 Å². The molecule has 1 saturated carbocycles. The summed E-state index contributed by atoms with van der Waals surface area (Å²) in [4.78, 5) is 9.47. The maximum absolute atomic E-state index is 13.8.